The van der Waals surface area contributed by atoms with E-state index in [4.69, 9.17) is 9.47 Å². The van der Waals surface area contributed by atoms with Crippen LogP contribution in [0.25, 0.3) is 0 Å². The first-order chi connectivity index (χ1) is 14.8. The first-order valence-corrected chi connectivity index (χ1v) is 10.4. The molecule has 1 aromatic heterocycles. The quantitative estimate of drug-likeness (QED) is 0.754. The van der Waals surface area contributed by atoms with Gasteiger partial charge in [0.2, 0.25) is 0 Å². The van der Waals surface area contributed by atoms with E-state index in [1.807, 2.05) is 57.2 Å². The van der Waals surface area contributed by atoms with E-state index in [2.05, 4.69) is 9.88 Å². The van der Waals surface area contributed by atoms with Gasteiger partial charge in [0.15, 0.2) is 5.82 Å². The Balaban J connectivity index is 1.60. The van der Waals surface area contributed by atoms with E-state index in [9.17, 15) is 9.59 Å². The van der Waals surface area contributed by atoms with Crippen LogP contribution in [0.15, 0.2) is 42.6 Å². The molecule has 8 nitrogen and oxygen atoms in total. The molecule has 2 aliphatic rings. The number of aromatic nitrogens is 1. The van der Waals surface area contributed by atoms with E-state index < -0.39 is 17.7 Å². The fraction of sp³-hybridized carbons (Fsp3) is 0.435. The van der Waals surface area contributed by atoms with Gasteiger partial charge in [-0.3, -0.25) is 9.69 Å². The number of ether oxygens (including phenoxy) is 2. The number of carbonyl (C=O) groups excluding carboxylic acids is 2. The fourth-order valence-electron chi connectivity index (χ4n) is 3.95. The second-order valence-electron chi connectivity index (χ2n) is 8.75. The maximum atomic E-state index is 13.5. The largest absolute Gasteiger partial charge is 0.497 e. The summed E-state index contributed by atoms with van der Waals surface area (Å²) in [5.41, 5.74) is 1.30. The van der Waals surface area contributed by atoms with Crippen molar-refractivity contribution in [1.82, 2.24) is 9.88 Å². The van der Waals surface area contributed by atoms with Crippen LogP contribution >= 0.6 is 0 Å². The van der Waals surface area contributed by atoms with Crippen molar-refractivity contribution in [3.8, 4) is 5.75 Å². The molecule has 1 aromatic carbocycles. The van der Waals surface area contributed by atoms with Crippen LogP contribution in [0.5, 0.6) is 5.75 Å². The van der Waals surface area contributed by atoms with Crippen LogP contribution < -0.4 is 14.5 Å². The van der Waals surface area contributed by atoms with E-state index in [0.717, 1.165) is 17.0 Å². The van der Waals surface area contributed by atoms with Crippen molar-refractivity contribution < 1.29 is 19.1 Å². The topological polar surface area (TPSA) is 75.2 Å². The van der Waals surface area contributed by atoms with Crippen molar-refractivity contribution in [3.05, 3.63) is 48.2 Å². The number of nitrogens with zero attached hydrogens (tertiary/aromatic N) is 4. The number of amides is 2. The Bertz CT molecular complexity index is 970. The Kier molecular flexibility index (Phi) is 5.47. The molecule has 2 aromatic rings. The highest BCUT2D eigenvalue weighted by Crippen LogP contribution is 2.36. The Hall–Kier alpha value is -3.29. The molecule has 1 saturated heterocycles. The van der Waals surface area contributed by atoms with Gasteiger partial charge in [-0.25, -0.2) is 9.78 Å². The second-order valence-corrected chi connectivity index (χ2v) is 8.75. The number of rotatable bonds is 3. The van der Waals surface area contributed by atoms with Gasteiger partial charge in [-0.2, -0.15) is 0 Å². The van der Waals surface area contributed by atoms with Gasteiger partial charge in [0.05, 0.1) is 25.9 Å². The average molecular weight is 425 g/mol. The minimum atomic E-state index is -0.582. The Morgan fingerprint density at radius 2 is 1.90 bits per heavy atom. The molecule has 1 fully saturated rings. The molecule has 0 bridgehead atoms. The van der Waals surface area contributed by atoms with Crippen LogP contribution in [0.4, 0.5) is 16.3 Å². The van der Waals surface area contributed by atoms with E-state index in [1.165, 1.54) is 0 Å². The number of benzene rings is 1. The number of piperazine rings is 1. The number of fused-ring (bicyclic) bond motifs is 3. The van der Waals surface area contributed by atoms with Crippen LogP contribution in [-0.4, -0.2) is 60.3 Å². The summed E-state index contributed by atoms with van der Waals surface area (Å²) >= 11 is 0. The van der Waals surface area contributed by atoms with Crippen LogP contribution in [0.2, 0.25) is 0 Å². The lowest BCUT2D eigenvalue weighted by Gasteiger charge is -2.47. The zero-order valence-corrected chi connectivity index (χ0v) is 18.4. The number of hydrogen-bond donors (Lipinski definition) is 0. The van der Waals surface area contributed by atoms with Gasteiger partial charge in [-0.05, 0) is 50.6 Å². The van der Waals surface area contributed by atoms with E-state index >= 15 is 0 Å². The van der Waals surface area contributed by atoms with Crippen molar-refractivity contribution in [3.63, 3.8) is 0 Å². The standard InChI is InChI=1S/C23H28N4O4/c1-23(2,3)31-22(29)25-12-13-26-18-6-5-11-24-20(18)27(21(28)19(26)15-25)14-16-7-9-17(30-4)10-8-16/h5-11,19H,12-15H2,1-4H3/t19-/m0/s1. The van der Waals surface area contributed by atoms with Crippen LogP contribution in [0.3, 0.4) is 0 Å². The van der Waals surface area contributed by atoms with Gasteiger partial charge in [-0.1, -0.05) is 12.1 Å². The highest BCUT2D eigenvalue weighted by molar-refractivity contribution is 6.04. The number of pyridine rings is 1. The summed E-state index contributed by atoms with van der Waals surface area (Å²) in [4.78, 5) is 36.0. The molecule has 3 heterocycles. The summed E-state index contributed by atoms with van der Waals surface area (Å²) < 4.78 is 10.8. The SMILES string of the molecule is COc1ccc(CN2C(=O)[C@@H]3CN(C(=O)OC(C)(C)C)CCN3c3cccnc32)cc1. The minimum Gasteiger partial charge on any atom is -0.497 e. The maximum Gasteiger partial charge on any atom is 0.410 e. The molecule has 0 unspecified atom stereocenters. The Labute approximate surface area is 182 Å². The molecule has 0 N–H and O–H groups in total. The lowest BCUT2D eigenvalue weighted by atomic mass is 10.0. The molecule has 0 saturated carbocycles. The molecule has 0 spiro atoms. The molecule has 4 rings (SSSR count). The summed E-state index contributed by atoms with van der Waals surface area (Å²) in [5, 5.41) is 0. The molecule has 0 aliphatic carbocycles. The molecule has 31 heavy (non-hydrogen) atoms. The third kappa shape index (κ3) is 4.28. The van der Waals surface area contributed by atoms with E-state index in [0.29, 0.717) is 25.5 Å². The Morgan fingerprint density at radius 1 is 1.16 bits per heavy atom. The summed E-state index contributed by atoms with van der Waals surface area (Å²) in [6.07, 6.45) is 1.31. The molecule has 1 atom stereocenters. The number of anilines is 2. The van der Waals surface area contributed by atoms with Crippen molar-refractivity contribution in [2.24, 2.45) is 0 Å². The first kappa shape index (κ1) is 21.0. The predicted molar refractivity (Wildman–Crippen MR) is 117 cm³/mol. The first-order valence-electron chi connectivity index (χ1n) is 10.4. The number of hydrogen-bond acceptors (Lipinski definition) is 6. The van der Waals surface area contributed by atoms with E-state index in [-0.39, 0.29) is 12.5 Å². The molecule has 2 aliphatic heterocycles. The third-order valence-electron chi connectivity index (χ3n) is 5.41. The fourth-order valence-corrected chi connectivity index (χ4v) is 3.95. The number of carbonyl (C=O) groups is 2. The van der Waals surface area contributed by atoms with Crippen molar-refractivity contribution >= 4 is 23.5 Å². The summed E-state index contributed by atoms with van der Waals surface area (Å²) in [6.45, 7) is 7.23. The van der Waals surface area contributed by atoms with Gasteiger partial charge >= 0.3 is 6.09 Å². The van der Waals surface area contributed by atoms with Gasteiger partial charge in [0, 0.05) is 19.3 Å². The van der Waals surface area contributed by atoms with Crippen LogP contribution in [0, 0.1) is 0 Å². The second kappa shape index (κ2) is 8.09. The van der Waals surface area contributed by atoms with Gasteiger partial charge in [0.1, 0.15) is 17.4 Å². The molecule has 164 valence electrons. The lowest BCUT2D eigenvalue weighted by Crippen LogP contribution is -2.63. The van der Waals surface area contributed by atoms with Crippen LogP contribution in [-0.2, 0) is 16.1 Å². The normalized spacial score (nSPS) is 18.4. The summed E-state index contributed by atoms with van der Waals surface area (Å²) in [6, 6.07) is 11.0. The molecule has 0 radical (unpaired) electrons. The lowest BCUT2D eigenvalue weighted by molar-refractivity contribution is -0.121. The zero-order valence-electron chi connectivity index (χ0n) is 18.4. The number of methoxy groups -OCH3 is 1. The molecule has 2 amide bonds. The van der Waals surface area contributed by atoms with E-state index in [1.54, 1.807) is 23.1 Å². The molecular formula is C23H28N4O4. The minimum absolute atomic E-state index is 0.0738. The van der Waals surface area contributed by atoms with Crippen molar-refractivity contribution in [2.75, 3.05) is 36.5 Å². The van der Waals surface area contributed by atoms with Gasteiger partial charge < -0.3 is 19.3 Å². The monoisotopic (exact) mass is 424 g/mol. The highest BCUT2D eigenvalue weighted by atomic mass is 16.6. The maximum absolute atomic E-state index is 13.5. The van der Waals surface area contributed by atoms with Crippen molar-refractivity contribution in [1.29, 1.82) is 0 Å². The van der Waals surface area contributed by atoms with Crippen LogP contribution in [0.1, 0.15) is 26.3 Å². The average Bonchev–Trinajstić information content (AvgIpc) is 2.75. The highest BCUT2D eigenvalue weighted by Gasteiger charge is 2.43. The zero-order chi connectivity index (χ0) is 22.2. The predicted octanol–water partition coefficient (Wildman–Crippen LogP) is 3.06. The summed E-state index contributed by atoms with van der Waals surface area (Å²) in [7, 11) is 1.62. The third-order valence-corrected chi connectivity index (χ3v) is 5.41. The smallest absolute Gasteiger partial charge is 0.410 e. The van der Waals surface area contributed by atoms with Gasteiger partial charge in [0.25, 0.3) is 5.91 Å². The Morgan fingerprint density at radius 3 is 2.58 bits per heavy atom. The molecular weight excluding hydrogens is 396 g/mol. The van der Waals surface area contributed by atoms with Gasteiger partial charge in [-0.15, -0.1) is 0 Å². The van der Waals surface area contributed by atoms with Crippen molar-refractivity contribution in [2.45, 2.75) is 39.0 Å². The molecule has 8 heteroatoms. The summed E-state index contributed by atoms with van der Waals surface area (Å²) in [5.74, 6) is 1.33.